The topological polar surface area (TPSA) is 83.2 Å². The van der Waals surface area contributed by atoms with Gasteiger partial charge in [0.05, 0.1) is 0 Å². The Hall–Kier alpha value is -3.28. The second kappa shape index (κ2) is 9.72. The molecule has 6 heteroatoms. The molecule has 3 N–H and O–H groups in total. The molecular formula is C33H39N3O3. The Balaban J connectivity index is 1.10. The first-order chi connectivity index (χ1) is 18.9. The van der Waals surface area contributed by atoms with Crippen molar-refractivity contribution in [3.8, 4) is 0 Å². The molecule has 39 heavy (non-hydrogen) atoms. The lowest BCUT2D eigenvalue weighted by Crippen LogP contribution is -2.61. The van der Waals surface area contributed by atoms with Crippen LogP contribution in [0.2, 0.25) is 0 Å². The standard InChI is InChI=1S/C33H39N3O3/c1-33(18-26-19-34-29-9-5-4-8-28(26)29,31(37)35-27-11-10-22-6-2-3-7-23(22)17-27)36-32(38)39-30-24-13-20-12-21(15-24)16-25(30)14-20/h2-9,19-21,24-25,27,30,34H,10-18H2,1H3,(H,35,37)(H,36,38). The number of H-pyrrole nitrogens is 1. The van der Waals surface area contributed by atoms with E-state index in [-0.39, 0.29) is 18.1 Å². The number of carbonyl (C=O) groups is 2. The Labute approximate surface area is 230 Å². The van der Waals surface area contributed by atoms with Gasteiger partial charge in [0.25, 0.3) is 0 Å². The predicted molar refractivity (Wildman–Crippen MR) is 151 cm³/mol. The maximum atomic E-state index is 14.0. The van der Waals surface area contributed by atoms with Crippen LogP contribution in [0.5, 0.6) is 0 Å². The number of benzene rings is 2. The number of aryl methyl sites for hydroxylation is 1. The highest BCUT2D eigenvalue weighted by molar-refractivity contribution is 5.91. The minimum atomic E-state index is -1.15. The van der Waals surface area contributed by atoms with E-state index in [9.17, 15) is 9.59 Å². The number of carbonyl (C=O) groups excluding carboxylic acids is 2. The lowest BCUT2D eigenvalue weighted by Gasteiger charge is -2.53. The summed E-state index contributed by atoms with van der Waals surface area (Å²) in [4.78, 5) is 30.8. The normalized spacial score (nSPS) is 30.4. The molecule has 204 valence electrons. The van der Waals surface area contributed by atoms with Crippen LogP contribution in [0.4, 0.5) is 4.79 Å². The lowest BCUT2D eigenvalue weighted by molar-refractivity contribution is -0.128. The highest BCUT2D eigenvalue weighted by atomic mass is 16.6. The van der Waals surface area contributed by atoms with Crippen molar-refractivity contribution < 1.29 is 14.3 Å². The van der Waals surface area contributed by atoms with Gasteiger partial charge in [-0.05, 0) is 105 Å². The first-order valence-corrected chi connectivity index (χ1v) is 14.8. The summed E-state index contributed by atoms with van der Waals surface area (Å²) in [6, 6.07) is 16.6. The van der Waals surface area contributed by atoms with Gasteiger partial charge in [-0.2, -0.15) is 0 Å². The van der Waals surface area contributed by atoms with Crippen molar-refractivity contribution in [1.29, 1.82) is 0 Å². The molecule has 8 rings (SSSR count). The van der Waals surface area contributed by atoms with Crippen LogP contribution in [0.15, 0.2) is 54.7 Å². The number of ether oxygens (including phenoxy) is 1. The average Bonchev–Trinajstić information content (AvgIpc) is 3.32. The van der Waals surface area contributed by atoms with E-state index < -0.39 is 11.6 Å². The van der Waals surface area contributed by atoms with E-state index in [2.05, 4.69) is 45.9 Å². The molecular weight excluding hydrogens is 486 g/mol. The molecule has 2 atom stereocenters. The molecule has 5 aliphatic rings. The third-order valence-electron chi connectivity index (χ3n) is 10.2. The smallest absolute Gasteiger partial charge is 0.408 e. The van der Waals surface area contributed by atoms with Crippen LogP contribution >= 0.6 is 0 Å². The summed E-state index contributed by atoms with van der Waals surface area (Å²) in [7, 11) is 0. The second-order valence-electron chi connectivity index (χ2n) is 13.0. The van der Waals surface area contributed by atoms with E-state index >= 15 is 0 Å². The van der Waals surface area contributed by atoms with Gasteiger partial charge in [-0.15, -0.1) is 0 Å². The molecule has 0 aliphatic heterocycles. The molecule has 2 amide bonds. The van der Waals surface area contributed by atoms with Gasteiger partial charge in [0.1, 0.15) is 11.6 Å². The van der Waals surface area contributed by atoms with Crippen LogP contribution in [-0.2, 0) is 28.8 Å². The Bertz CT molecular complexity index is 1370. The Morgan fingerprint density at radius 2 is 1.64 bits per heavy atom. The third kappa shape index (κ3) is 4.72. The fourth-order valence-electron chi connectivity index (χ4n) is 8.45. The molecule has 1 heterocycles. The molecule has 4 fully saturated rings. The number of rotatable bonds is 6. The molecule has 2 unspecified atom stereocenters. The maximum Gasteiger partial charge on any atom is 0.408 e. The predicted octanol–water partition coefficient (Wildman–Crippen LogP) is 5.69. The molecule has 0 saturated heterocycles. The molecule has 5 aliphatic carbocycles. The third-order valence-corrected chi connectivity index (χ3v) is 10.2. The van der Waals surface area contributed by atoms with Crippen molar-refractivity contribution in [2.75, 3.05) is 0 Å². The average molecular weight is 526 g/mol. The largest absolute Gasteiger partial charge is 0.446 e. The zero-order chi connectivity index (χ0) is 26.6. The molecule has 6 nitrogen and oxygen atoms in total. The van der Waals surface area contributed by atoms with Crippen LogP contribution in [0.1, 0.15) is 62.1 Å². The summed E-state index contributed by atoms with van der Waals surface area (Å²) in [6.07, 6.45) is 10.6. The number of nitrogens with one attached hydrogen (secondary N) is 3. The monoisotopic (exact) mass is 525 g/mol. The van der Waals surface area contributed by atoms with Gasteiger partial charge in [-0.3, -0.25) is 4.79 Å². The second-order valence-corrected chi connectivity index (χ2v) is 13.0. The molecule has 0 radical (unpaired) electrons. The van der Waals surface area contributed by atoms with Crippen molar-refractivity contribution >= 4 is 22.9 Å². The fourth-order valence-corrected chi connectivity index (χ4v) is 8.45. The van der Waals surface area contributed by atoms with Gasteiger partial charge in [-0.25, -0.2) is 4.79 Å². The van der Waals surface area contributed by atoms with Crippen LogP contribution in [0.3, 0.4) is 0 Å². The van der Waals surface area contributed by atoms with Gasteiger partial charge in [0.2, 0.25) is 5.91 Å². The van der Waals surface area contributed by atoms with E-state index in [4.69, 9.17) is 4.74 Å². The van der Waals surface area contributed by atoms with Gasteiger partial charge in [0.15, 0.2) is 0 Å². The Morgan fingerprint density at radius 1 is 0.949 bits per heavy atom. The van der Waals surface area contributed by atoms with Crippen LogP contribution in [0, 0.1) is 23.7 Å². The lowest BCUT2D eigenvalue weighted by atomic mass is 9.55. The van der Waals surface area contributed by atoms with E-state index in [1.165, 1.54) is 43.2 Å². The number of aromatic amines is 1. The van der Waals surface area contributed by atoms with E-state index in [1.807, 2.05) is 31.3 Å². The molecule has 3 aromatic rings. The quantitative estimate of drug-likeness (QED) is 0.386. The van der Waals surface area contributed by atoms with Crippen LogP contribution < -0.4 is 10.6 Å². The molecule has 0 spiro atoms. The number of hydrogen-bond donors (Lipinski definition) is 3. The number of fused-ring (bicyclic) bond motifs is 2. The minimum absolute atomic E-state index is 0.0203. The van der Waals surface area contributed by atoms with E-state index in [0.717, 1.165) is 47.6 Å². The summed E-state index contributed by atoms with van der Waals surface area (Å²) in [5.74, 6) is 2.42. The van der Waals surface area contributed by atoms with Crippen molar-refractivity contribution in [3.63, 3.8) is 0 Å². The fraction of sp³-hybridized carbons (Fsp3) is 0.515. The number of amides is 2. The van der Waals surface area contributed by atoms with E-state index in [1.54, 1.807) is 0 Å². The van der Waals surface area contributed by atoms with Gasteiger partial charge < -0.3 is 20.4 Å². The SMILES string of the molecule is CC(Cc1c[nH]c2ccccc12)(NC(=O)OC1C2CC3CC(C2)CC1C3)C(=O)NC1CCc2ccccc2C1. The highest BCUT2D eigenvalue weighted by Crippen LogP contribution is 2.54. The summed E-state index contributed by atoms with van der Waals surface area (Å²) < 4.78 is 6.18. The van der Waals surface area contributed by atoms with Crippen molar-refractivity contribution in [3.05, 3.63) is 71.4 Å². The molecule has 4 saturated carbocycles. The molecule has 2 aromatic carbocycles. The van der Waals surface area contributed by atoms with Crippen LogP contribution in [-0.4, -0.2) is 34.7 Å². The summed E-state index contributed by atoms with van der Waals surface area (Å²) in [5, 5.41) is 7.45. The maximum absolute atomic E-state index is 14.0. The van der Waals surface area contributed by atoms with Gasteiger partial charge >= 0.3 is 6.09 Å². The van der Waals surface area contributed by atoms with E-state index in [0.29, 0.717) is 18.3 Å². The zero-order valence-corrected chi connectivity index (χ0v) is 22.7. The first kappa shape index (κ1) is 24.7. The zero-order valence-electron chi connectivity index (χ0n) is 22.7. The van der Waals surface area contributed by atoms with Gasteiger partial charge in [-0.1, -0.05) is 42.5 Å². The Morgan fingerprint density at radius 3 is 2.41 bits per heavy atom. The van der Waals surface area contributed by atoms with Crippen LogP contribution in [0.25, 0.3) is 10.9 Å². The number of alkyl carbamates (subject to hydrolysis) is 1. The number of para-hydroxylation sites is 1. The molecule has 1 aromatic heterocycles. The summed E-state index contributed by atoms with van der Waals surface area (Å²) in [5.41, 5.74) is 3.54. The van der Waals surface area contributed by atoms with Crippen molar-refractivity contribution in [1.82, 2.24) is 15.6 Å². The minimum Gasteiger partial charge on any atom is -0.446 e. The first-order valence-electron chi connectivity index (χ1n) is 14.8. The van der Waals surface area contributed by atoms with Crippen molar-refractivity contribution in [2.45, 2.75) is 82.4 Å². The Kier molecular flexibility index (Phi) is 6.17. The summed E-state index contributed by atoms with van der Waals surface area (Å²) >= 11 is 0. The summed E-state index contributed by atoms with van der Waals surface area (Å²) in [6.45, 7) is 1.85. The van der Waals surface area contributed by atoms with Crippen molar-refractivity contribution in [2.24, 2.45) is 23.7 Å². The van der Waals surface area contributed by atoms with Gasteiger partial charge in [0, 0.05) is 29.6 Å². The molecule has 4 bridgehead atoms. The highest BCUT2D eigenvalue weighted by Gasteiger charge is 2.50. The number of aromatic nitrogens is 1. The number of hydrogen-bond acceptors (Lipinski definition) is 3.